The molecule has 1 saturated heterocycles. The summed E-state index contributed by atoms with van der Waals surface area (Å²) in [6.07, 6.45) is 2.81. The molecule has 1 aromatic carbocycles. The number of hydrogen-bond acceptors (Lipinski definition) is 3. The third-order valence-corrected chi connectivity index (χ3v) is 3.03. The Hall–Kier alpha value is -1.55. The van der Waals surface area contributed by atoms with Crippen LogP contribution in [0.5, 0.6) is 5.75 Å². The van der Waals surface area contributed by atoms with Crippen LogP contribution in [0.1, 0.15) is 18.4 Å². The highest BCUT2D eigenvalue weighted by atomic mass is 16.3. The first-order valence-corrected chi connectivity index (χ1v) is 6.05. The second kappa shape index (κ2) is 5.68. The van der Waals surface area contributed by atoms with E-state index in [2.05, 4.69) is 10.6 Å². The van der Waals surface area contributed by atoms with Crippen LogP contribution in [0.2, 0.25) is 0 Å². The number of benzene rings is 1. The number of phenols is 1. The minimum atomic E-state index is -0.00480. The van der Waals surface area contributed by atoms with E-state index in [4.69, 9.17) is 5.11 Å². The first-order chi connectivity index (χ1) is 8.25. The minimum Gasteiger partial charge on any atom is -0.508 e. The molecule has 92 valence electrons. The smallest absolute Gasteiger partial charge is 0.237 e. The molecular weight excluding hydrogens is 216 g/mol. The lowest BCUT2D eigenvalue weighted by Gasteiger charge is -2.10. The largest absolute Gasteiger partial charge is 0.508 e. The molecule has 1 aliphatic rings. The summed E-state index contributed by atoms with van der Waals surface area (Å²) in [6, 6.07) is 7.06. The first kappa shape index (κ1) is 11.9. The zero-order valence-electron chi connectivity index (χ0n) is 9.78. The van der Waals surface area contributed by atoms with Crippen molar-refractivity contribution in [1.82, 2.24) is 10.6 Å². The number of aromatic hydroxyl groups is 1. The minimum absolute atomic E-state index is 0.00480. The predicted molar refractivity (Wildman–Crippen MR) is 65.8 cm³/mol. The van der Waals surface area contributed by atoms with E-state index in [1.807, 2.05) is 12.1 Å². The maximum absolute atomic E-state index is 11.7. The van der Waals surface area contributed by atoms with Crippen molar-refractivity contribution >= 4 is 5.91 Å². The van der Waals surface area contributed by atoms with Gasteiger partial charge in [0.25, 0.3) is 0 Å². The summed E-state index contributed by atoms with van der Waals surface area (Å²) in [5, 5.41) is 15.2. The Balaban J connectivity index is 1.72. The number of phenolic OH excluding ortho intramolecular Hbond substituents is 1. The van der Waals surface area contributed by atoms with Gasteiger partial charge in [-0.3, -0.25) is 4.79 Å². The van der Waals surface area contributed by atoms with E-state index in [-0.39, 0.29) is 17.7 Å². The summed E-state index contributed by atoms with van der Waals surface area (Å²) in [7, 11) is 0. The summed E-state index contributed by atoms with van der Waals surface area (Å²) in [6.45, 7) is 1.58. The zero-order chi connectivity index (χ0) is 12.1. The van der Waals surface area contributed by atoms with Gasteiger partial charge in [0, 0.05) is 6.54 Å². The van der Waals surface area contributed by atoms with E-state index in [1.54, 1.807) is 12.1 Å². The van der Waals surface area contributed by atoms with Crippen molar-refractivity contribution in [2.24, 2.45) is 0 Å². The summed E-state index contributed by atoms with van der Waals surface area (Å²) >= 11 is 0. The summed E-state index contributed by atoms with van der Waals surface area (Å²) < 4.78 is 0. The van der Waals surface area contributed by atoms with Crippen molar-refractivity contribution in [2.75, 3.05) is 13.1 Å². The molecular formula is C13H18N2O2. The van der Waals surface area contributed by atoms with Crippen LogP contribution in [0, 0.1) is 0 Å². The number of carbonyl (C=O) groups excluding carboxylic acids is 1. The Labute approximate surface area is 101 Å². The molecule has 1 amide bonds. The molecule has 0 bridgehead atoms. The summed E-state index contributed by atoms with van der Waals surface area (Å²) in [4.78, 5) is 11.7. The van der Waals surface area contributed by atoms with Crippen LogP contribution >= 0.6 is 0 Å². The highest BCUT2D eigenvalue weighted by Crippen LogP contribution is 2.09. The molecule has 0 radical (unpaired) electrons. The van der Waals surface area contributed by atoms with E-state index >= 15 is 0 Å². The maximum Gasteiger partial charge on any atom is 0.237 e. The summed E-state index contributed by atoms with van der Waals surface area (Å²) in [5.74, 6) is 0.370. The highest BCUT2D eigenvalue weighted by Gasteiger charge is 2.20. The topological polar surface area (TPSA) is 61.4 Å². The van der Waals surface area contributed by atoms with Crippen molar-refractivity contribution in [1.29, 1.82) is 0 Å². The van der Waals surface area contributed by atoms with Gasteiger partial charge < -0.3 is 15.7 Å². The van der Waals surface area contributed by atoms with Gasteiger partial charge in [-0.1, -0.05) is 12.1 Å². The molecule has 17 heavy (non-hydrogen) atoms. The van der Waals surface area contributed by atoms with E-state index in [9.17, 15) is 4.79 Å². The van der Waals surface area contributed by atoms with E-state index in [0.29, 0.717) is 6.54 Å². The molecule has 1 fully saturated rings. The fraction of sp³-hybridized carbons (Fsp3) is 0.462. The lowest BCUT2D eigenvalue weighted by molar-refractivity contribution is -0.122. The standard InChI is InChI=1S/C13H18N2O2/c16-11-5-3-10(4-6-11)7-9-15-13(17)12-2-1-8-14-12/h3-6,12,14,16H,1-2,7-9H2,(H,15,17). The molecule has 0 saturated carbocycles. The third-order valence-electron chi connectivity index (χ3n) is 3.03. The van der Waals surface area contributed by atoms with Crippen molar-refractivity contribution in [2.45, 2.75) is 25.3 Å². The molecule has 0 aromatic heterocycles. The van der Waals surface area contributed by atoms with E-state index < -0.39 is 0 Å². The van der Waals surface area contributed by atoms with Crippen LogP contribution in [-0.4, -0.2) is 30.1 Å². The quantitative estimate of drug-likeness (QED) is 0.722. The van der Waals surface area contributed by atoms with Crippen LogP contribution in [0.4, 0.5) is 0 Å². The van der Waals surface area contributed by atoms with Crippen molar-refractivity contribution in [3.05, 3.63) is 29.8 Å². The number of carbonyl (C=O) groups is 1. The van der Waals surface area contributed by atoms with Gasteiger partial charge in [-0.05, 0) is 43.5 Å². The van der Waals surface area contributed by atoms with Gasteiger partial charge in [0.15, 0.2) is 0 Å². The Morgan fingerprint density at radius 3 is 2.82 bits per heavy atom. The van der Waals surface area contributed by atoms with Gasteiger partial charge in [0.1, 0.15) is 5.75 Å². The lowest BCUT2D eigenvalue weighted by atomic mass is 10.1. The zero-order valence-corrected chi connectivity index (χ0v) is 9.78. The van der Waals surface area contributed by atoms with Crippen LogP contribution in [0.25, 0.3) is 0 Å². The monoisotopic (exact) mass is 234 g/mol. The molecule has 0 aliphatic carbocycles. The average molecular weight is 234 g/mol. The number of amides is 1. The Morgan fingerprint density at radius 2 is 2.18 bits per heavy atom. The van der Waals surface area contributed by atoms with Crippen LogP contribution in [0.3, 0.4) is 0 Å². The highest BCUT2D eigenvalue weighted by molar-refractivity contribution is 5.81. The van der Waals surface area contributed by atoms with Gasteiger partial charge in [0.2, 0.25) is 5.91 Å². The molecule has 4 heteroatoms. The van der Waals surface area contributed by atoms with Gasteiger partial charge in [-0.25, -0.2) is 0 Å². The Bertz CT molecular complexity index is 370. The van der Waals surface area contributed by atoms with E-state index in [1.165, 1.54) is 0 Å². The molecule has 1 unspecified atom stereocenters. The lowest BCUT2D eigenvalue weighted by Crippen LogP contribution is -2.41. The molecule has 1 heterocycles. The SMILES string of the molecule is O=C(NCCc1ccc(O)cc1)C1CCCN1. The second-order valence-corrected chi connectivity index (χ2v) is 4.36. The maximum atomic E-state index is 11.7. The Kier molecular flexibility index (Phi) is 3.98. The fourth-order valence-electron chi connectivity index (χ4n) is 2.02. The van der Waals surface area contributed by atoms with Gasteiger partial charge in [-0.15, -0.1) is 0 Å². The average Bonchev–Trinajstić information content (AvgIpc) is 2.85. The van der Waals surface area contributed by atoms with Gasteiger partial charge >= 0.3 is 0 Å². The van der Waals surface area contributed by atoms with Gasteiger partial charge in [0.05, 0.1) is 6.04 Å². The first-order valence-electron chi connectivity index (χ1n) is 6.05. The summed E-state index contributed by atoms with van der Waals surface area (Å²) in [5.41, 5.74) is 1.11. The number of hydrogen-bond donors (Lipinski definition) is 3. The molecule has 2 rings (SSSR count). The predicted octanol–water partition coefficient (Wildman–Crippen LogP) is 0.803. The number of rotatable bonds is 4. The molecule has 4 nitrogen and oxygen atoms in total. The van der Waals surface area contributed by atoms with Crippen molar-refractivity contribution in [3.8, 4) is 5.75 Å². The van der Waals surface area contributed by atoms with E-state index in [0.717, 1.165) is 31.4 Å². The van der Waals surface area contributed by atoms with Gasteiger partial charge in [-0.2, -0.15) is 0 Å². The van der Waals surface area contributed by atoms with Crippen LogP contribution in [0.15, 0.2) is 24.3 Å². The second-order valence-electron chi connectivity index (χ2n) is 4.36. The molecule has 1 atom stereocenters. The normalized spacial score (nSPS) is 19.2. The van der Waals surface area contributed by atoms with Crippen LogP contribution < -0.4 is 10.6 Å². The van der Waals surface area contributed by atoms with Crippen LogP contribution in [-0.2, 0) is 11.2 Å². The molecule has 1 aliphatic heterocycles. The molecule has 3 N–H and O–H groups in total. The number of nitrogens with one attached hydrogen (secondary N) is 2. The molecule has 0 spiro atoms. The van der Waals surface area contributed by atoms with Crippen molar-refractivity contribution in [3.63, 3.8) is 0 Å². The Morgan fingerprint density at radius 1 is 1.41 bits per heavy atom. The molecule has 1 aromatic rings. The van der Waals surface area contributed by atoms with Crippen molar-refractivity contribution < 1.29 is 9.90 Å². The fourth-order valence-corrected chi connectivity index (χ4v) is 2.02. The third kappa shape index (κ3) is 3.46.